The Balaban J connectivity index is 3.16. The standard InChI is InChI=1S/C10H23N3O2/c1-13(6-4-10(11)12)5-3-7-15-9-8-14-2/h3-9H2,1-2H3,(H3,11,12). The third kappa shape index (κ3) is 11.3. The maximum atomic E-state index is 7.09. The molecule has 0 heterocycles. The molecule has 15 heavy (non-hydrogen) atoms. The molecule has 0 atom stereocenters. The van der Waals surface area contributed by atoms with Gasteiger partial charge < -0.3 is 20.1 Å². The van der Waals surface area contributed by atoms with Crippen LogP contribution in [0.5, 0.6) is 0 Å². The van der Waals surface area contributed by atoms with E-state index in [1.807, 2.05) is 7.05 Å². The zero-order chi connectivity index (χ0) is 11.5. The molecule has 0 saturated carbocycles. The van der Waals surface area contributed by atoms with Gasteiger partial charge in [-0.15, -0.1) is 0 Å². The van der Waals surface area contributed by atoms with Crippen LogP contribution in [-0.2, 0) is 9.47 Å². The third-order valence-electron chi connectivity index (χ3n) is 2.02. The Morgan fingerprint density at radius 2 is 2.00 bits per heavy atom. The molecule has 0 aliphatic carbocycles. The molecule has 0 spiro atoms. The van der Waals surface area contributed by atoms with Gasteiger partial charge >= 0.3 is 0 Å². The average molecular weight is 217 g/mol. The molecule has 0 saturated heterocycles. The van der Waals surface area contributed by atoms with Gasteiger partial charge in [-0.05, 0) is 13.5 Å². The molecule has 0 aromatic carbocycles. The third-order valence-corrected chi connectivity index (χ3v) is 2.02. The molecule has 3 N–H and O–H groups in total. The molecular formula is C10H23N3O2. The first-order valence-corrected chi connectivity index (χ1v) is 5.25. The molecule has 0 amide bonds. The van der Waals surface area contributed by atoms with E-state index in [1.54, 1.807) is 7.11 Å². The number of hydrogen-bond acceptors (Lipinski definition) is 4. The van der Waals surface area contributed by atoms with E-state index in [2.05, 4.69) is 4.90 Å². The minimum Gasteiger partial charge on any atom is -0.388 e. The Kier molecular flexibility index (Phi) is 9.46. The molecule has 5 heteroatoms. The van der Waals surface area contributed by atoms with Crippen LogP contribution < -0.4 is 5.73 Å². The first kappa shape index (κ1) is 14.3. The van der Waals surface area contributed by atoms with Crippen LogP contribution in [0, 0.1) is 5.41 Å². The van der Waals surface area contributed by atoms with Gasteiger partial charge in [0.1, 0.15) is 0 Å². The predicted octanol–water partition coefficient (Wildman–Crippen LogP) is 0.297. The second-order valence-electron chi connectivity index (χ2n) is 3.54. The molecule has 0 fully saturated rings. The van der Waals surface area contributed by atoms with Crippen LogP contribution >= 0.6 is 0 Å². The molecule has 0 radical (unpaired) electrons. The minimum atomic E-state index is 0.248. The molecule has 0 aromatic heterocycles. The van der Waals surface area contributed by atoms with Crippen LogP contribution in [-0.4, -0.2) is 57.8 Å². The fourth-order valence-electron chi connectivity index (χ4n) is 1.10. The lowest BCUT2D eigenvalue weighted by molar-refractivity contribution is 0.0664. The summed E-state index contributed by atoms with van der Waals surface area (Å²) in [5, 5.41) is 7.09. The van der Waals surface area contributed by atoms with Crippen LogP contribution in [0.25, 0.3) is 0 Å². The summed E-state index contributed by atoms with van der Waals surface area (Å²) in [6.45, 7) is 3.88. The Bertz CT molecular complexity index is 165. The van der Waals surface area contributed by atoms with E-state index in [1.165, 1.54) is 0 Å². The van der Waals surface area contributed by atoms with Gasteiger partial charge in [-0.2, -0.15) is 0 Å². The van der Waals surface area contributed by atoms with Gasteiger partial charge in [0.15, 0.2) is 0 Å². The predicted molar refractivity (Wildman–Crippen MR) is 61.3 cm³/mol. The lowest BCUT2D eigenvalue weighted by Crippen LogP contribution is -2.25. The highest BCUT2D eigenvalue weighted by molar-refractivity contribution is 5.76. The molecule has 5 nitrogen and oxygen atoms in total. The van der Waals surface area contributed by atoms with E-state index >= 15 is 0 Å². The smallest absolute Gasteiger partial charge is 0.0918 e. The summed E-state index contributed by atoms with van der Waals surface area (Å²) >= 11 is 0. The highest BCUT2D eigenvalue weighted by Crippen LogP contribution is 1.91. The van der Waals surface area contributed by atoms with Crippen molar-refractivity contribution in [2.45, 2.75) is 12.8 Å². The van der Waals surface area contributed by atoms with Crippen molar-refractivity contribution >= 4 is 5.84 Å². The quantitative estimate of drug-likeness (QED) is 0.313. The van der Waals surface area contributed by atoms with Crippen molar-refractivity contribution < 1.29 is 9.47 Å². The van der Waals surface area contributed by atoms with E-state index < -0.39 is 0 Å². The second kappa shape index (κ2) is 9.89. The van der Waals surface area contributed by atoms with E-state index in [-0.39, 0.29) is 5.84 Å². The topological polar surface area (TPSA) is 71.6 Å². The lowest BCUT2D eigenvalue weighted by Gasteiger charge is -2.15. The number of rotatable bonds is 10. The normalized spacial score (nSPS) is 10.9. The molecule has 0 aliphatic heterocycles. The Labute approximate surface area is 92.0 Å². The van der Waals surface area contributed by atoms with Crippen molar-refractivity contribution in [2.75, 3.05) is 47.1 Å². The molecule has 0 aromatic rings. The maximum Gasteiger partial charge on any atom is 0.0918 e. The minimum absolute atomic E-state index is 0.248. The van der Waals surface area contributed by atoms with E-state index in [9.17, 15) is 0 Å². The fraction of sp³-hybridized carbons (Fsp3) is 0.900. The van der Waals surface area contributed by atoms with E-state index in [4.69, 9.17) is 20.6 Å². The van der Waals surface area contributed by atoms with Crippen molar-refractivity contribution in [3.63, 3.8) is 0 Å². The highest BCUT2D eigenvalue weighted by atomic mass is 16.5. The monoisotopic (exact) mass is 217 g/mol. The van der Waals surface area contributed by atoms with Gasteiger partial charge in [-0.3, -0.25) is 5.41 Å². The number of nitrogens with zero attached hydrogens (tertiary/aromatic N) is 1. The van der Waals surface area contributed by atoms with Crippen molar-refractivity contribution in [1.82, 2.24) is 4.90 Å². The molecule has 0 rings (SSSR count). The SMILES string of the molecule is COCCOCCCN(C)CCC(=N)N. The molecule has 0 aliphatic rings. The number of nitrogens with two attached hydrogens (primary N) is 1. The highest BCUT2D eigenvalue weighted by Gasteiger charge is 1.98. The van der Waals surface area contributed by atoms with Gasteiger partial charge in [-0.1, -0.05) is 0 Å². The van der Waals surface area contributed by atoms with Crippen LogP contribution in [0.4, 0.5) is 0 Å². The summed E-state index contributed by atoms with van der Waals surface area (Å²) in [7, 11) is 3.69. The molecule has 0 unspecified atom stereocenters. The zero-order valence-corrected chi connectivity index (χ0v) is 9.79. The van der Waals surface area contributed by atoms with E-state index in [0.29, 0.717) is 19.6 Å². The summed E-state index contributed by atoms with van der Waals surface area (Å²) in [5.41, 5.74) is 5.27. The van der Waals surface area contributed by atoms with Crippen molar-refractivity contribution in [1.29, 1.82) is 5.41 Å². The van der Waals surface area contributed by atoms with Crippen LogP contribution in [0.1, 0.15) is 12.8 Å². The van der Waals surface area contributed by atoms with Gasteiger partial charge in [0.05, 0.1) is 19.0 Å². The van der Waals surface area contributed by atoms with Crippen LogP contribution in [0.2, 0.25) is 0 Å². The number of hydrogen-bond donors (Lipinski definition) is 2. The number of nitrogens with one attached hydrogen (secondary N) is 1. The Morgan fingerprint density at radius 1 is 1.27 bits per heavy atom. The van der Waals surface area contributed by atoms with Gasteiger partial charge in [0.2, 0.25) is 0 Å². The summed E-state index contributed by atoms with van der Waals surface area (Å²) in [4.78, 5) is 2.15. The summed E-state index contributed by atoms with van der Waals surface area (Å²) in [5.74, 6) is 0.248. The first-order chi connectivity index (χ1) is 7.16. The number of methoxy groups -OCH3 is 1. The number of amidine groups is 1. The Hall–Kier alpha value is -0.650. The summed E-state index contributed by atoms with van der Waals surface area (Å²) in [6, 6.07) is 0. The fourth-order valence-corrected chi connectivity index (χ4v) is 1.10. The average Bonchev–Trinajstić information content (AvgIpc) is 2.20. The summed E-state index contributed by atoms with van der Waals surface area (Å²) < 4.78 is 10.2. The van der Waals surface area contributed by atoms with Gasteiger partial charge in [-0.25, -0.2) is 0 Å². The zero-order valence-electron chi connectivity index (χ0n) is 9.79. The molecule has 90 valence electrons. The van der Waals surface area contributed by atoms with Crippen molar-refractivity contribution in [3.05, 3.63) is 0 Å². The van der Waals surface area contributed by atoms with Crippen LogP contribution in [0.3, 0.4) is 0 Å². The molecule has 0 bridgehead atoms. The Morgan fingerprint density at radius 3 is 2.60 bits per heavy atom. The van der Waals surface area contributed by atoms with Crippen molar-refractivity contribution in [3.8, 4) is 0 Å². The molecular weight excluding hydrogens is 194 g/mol. The lowest BCUT2D eigenvalue weighted by atomic mass is 10.3. The maximum absolute atomic E-state index is 7.09. The first-order valence-electron chi connectivity index (χ1n) is 5.25. The second-order valence-corrected chi connectivity index (χ2v) is 3.54. The van der Waals surface area contributed by atoms with Crippen molar-refractivity contribution in [2.24, 2.45) is 5.73 Å². The van der Waals surface area contributed by atoms with Crippen LogP contribution in [0.15, 0.2) is 0 Å². The number of ether oxygens (including phenoxy) is 2. The van der Waals surface area contributed by atoms with E-state index in [0.717, 1.165) is 26.1 Å². The largest absolute Gasteiger partial charge is 0.388 e. The summed E-state index contributed by atoms with van der Waals surface area (Å²) in [6.07, 6.45) is 1.64. The van der Waals surface area contributed by atoms with Gasteiger partial charge in [0, 0.05) is 33.2 Å². The van der Waals surface area contributed by atoms with Gasteiger partial charge in [0.25, 0.3) is 0 Å².